The van der Waals surface area contributed by atoms with Gasteiger partial charge in [-0.05, 0) is 55.2 Å². The van der Waals surface area contributed by atoms with E-state index in [0.29, 0.717) is 11.5 Å². The van der Waals surface area contributed by atoms with Gasteiger partial charge in [-0.1, -0.05) is 44.9 Å². The van der Waals surface area contributed by atoms with Crippen LogP contribution in [0.4, 0.5) is 5.69 Å². The third kappa shape index (κ3) is 3.89. The van der Waals surface area contributed by atoms with Crippen LogP contribution in [-0.2, 0) is 0 Å². The summed E-state index contributed by atoms with van der Waals surface area (Å²) in [6.45, 7) is 7.15. The van der Waals surface area contributed by atoms with Gasteiger partial charge in [-0.3, -0.25) is 0 Å². The number of rotatable bonds is 4. The maximum atomic E-state index is 6.02. The van der Waals surface area contributed by atoms with Crippen LogP contribution in [0.25, 0.3) is 0 Å². The van der Waals surface area contributed by atoms with Gasteiger partial charge in [0, 0.05) is 16.8 Å². The van der Waals surface area contributed by atoms with Crippen molar-refractivity contribution in [3.05, 3.63) is 29.3 Å². The normalized spacial score (nSPS) is 24.2. The second kappa shape index (κ2) is 6.17. The van der Waals surface area contributed by atoms with E-state index < -0.39 is 0 Å². The zero-order valence-electron chi connectivity index (χ0n) is 12.4. The Labute approximate surface area is 122 Å². The lowest BCUT2D eigenvalue weighted by Gasteiger charge is -2.39. The fraction of sp³-hybridized carbons (Fsp3) is 0.647. The lowest BCUT2D eigenvalue weighted by molar-refractivity contribution is 0.147. The summed E-state index contributed by atoms with van der Waals surface area (Å²) in [5, 5.41) is 4.44. The summed E-state index contributed by atoms with van der Waals surface area (Å²) in [6, 6.07) is 8.67. The molecular formula is C17H26ClN. The smallest absolute Gasteiger partial charge is 0.0426 e. The molecule has 0 heterocycles. The van der Waals surface area contributed by atoms with Crippen LogP contribution in [0.1, 0.15) is 52.9 Å². The third-order valence-corrected chi connectivity index (χ3v) is 5.17. The predicted molar refractivity (Wildman–Crippen MR) is 84.9 cm³/mol. The molecule has 0 amide bonds. The Morgan fingerprint density at radius 1 is 1.21 bits per heavy atom. The molecule has 106 valence electrons. The average Bonchev–Trinajstić information content (AvgIpc) is 2.39. The summed E-state index contributed by atoms with van der Waals surface area (Å²) in [4.78, 5) is 0. The van der Waals surface area contributed by atoms with Gasteiger partial charge in [-0.15, -0.1) is 0 Å². The van der Waals surface area contributed by atoms with E-state index in [2.05, 4.69) is 32.2 Å². The zero-order chi connectivity index (χ0) is 13.9. The molecular weight excluding hydrogens is 254 g/mol. The molecule has 0 radical (unpaired) electrons. The monoisotopic (exact) mass is 279 g/mol. The molecule has 0 unspecified atom stereocenters. The van der Waals surface area contributed by atoms with Gasteiger partial charge in [-0.2, -0.15) is 0 Å². The van der Waals surface area contributed by atoms with Crippen molar-refractivity contribution >= 4 is 17.3 Å². The molecule has 1 N–H and O–H groups in total. The number of nitrogens with one attached hydrogen (secondary N) is 1. The molecule has 1 saturated carbocycles. The van der Waals surface area contributed by atoms with Gasteiger partial charge in [0.2, 0.25) is 0 Å². The molecule has 0 spiro atoms. The fourth-order valence-electron chi connectivity index (χ4n) is 3.12. The number of anilines is 1. The summed E-state index contributed by atoms with van der Waals surface area (Å²) in [7, 11) is 0. The minimum absolute atomic E-state index is 0.501. The largest absolute Gasteiger partial charge is 0.382 e. The molecule has 1 aliphatic rings. The zero-order valence-corrected chi connectivity index (χ0v) is 13.1. The van der Waals surface area contributed by atoms with Crippen molar-refractivity contribution in [1.29, 1.82) is 0 Å². The van der Waals surface area contributed by atoms with E-state index in [1.165, 1.54) is 32.1 Å². The van der Waals surface area contributed by atoms with E-state index in [0.717, 1.165) is 16.6 Å². The fourth-order valence-corrected chi connectivity index (χ4v) is 3.31. The molecule has 1 aromatic rings. The van der Waals surface area contributed by atoms with Crippen LogP contribution in [0.5, 0.6) is 0 Å². The Kier molecular flexibility index (Phi) is 4.78. The van der Waals surface area contributed by atoms with Gasteiger partial charge in [0.05, 0.1) is 0 Å². The Balaban J connectivity index is 1.87. The molecule has 19 heavy (non-hydrogen) atoms. The average molecular weight is 280 g/mol. The predicted octanol–water partition coefficient (Wildman–Crippen LogP) is 5.75. The number of hydrogen-bond donors (Lipinski definition) is 1. The van der Waals surface area contributed by atoms with Crippen LogP contribution in [0.15, 0.2) is 24.3 Å². The SMILES string of the molecule is CCC(C)(C)C1CCC(Nc2cccc(Cl)c2)CC1. The highest BCUT2D eigenvalue weighted by Crippen LogP contribution is 2.40. The molecule has 1 aromatic carbocycles. The highest BCUT2D eigenvalue weighted by Gasteiger charge is 2.31. The molecule has 2 rings (SSSR count). The highest BCUT2D eigenvalue weighted by atomic mass is 35.5. The summed E-state index contributed by atoms with van der Waals surface area (Å²) >= 11 is 6.02. The van der Waals surface area contributed by atoms with E-state index in [4.69, 9.17) is 11.6 Å². The molecule has 0 bridgehead atoms. The topological polar surface area (TPSA) is 12.0 Å². The maximum Gasteiger partial charge on any atom is 0.0426 e. The van der Waals surface area contributed by atoms with E-state index in [1.807, 2.05) is 18.2 Å². The first-order valence-corrected chi connectivity index (χ1v) is 7.91. The first-order valence-electron chi connectivity index (χ1n) is 7.53. The van der Waals surface area contributed by atoms with Gasteiger partial charge in [0.25, 0.3) is 0 Å². The van der Waals surface area contributed by atoms with Crippen molar-refractivity contribution in [2.75, 3.05) is 5.32 Å². The minimum Gasteiger partial charge on any atom is -0.382 e. The molecule has 2 heteroatoms. The molecule has 1 aliphatic carbocycles. The minimum atomic E-state index is 0.501. The van der Waals surface area contributed by atoms with Gasteiger partial charge >= 0.3 is 0 Å². The van der Waals surface area contributed by atoms with Gasteiger partial charge in [0.1, 0.15) is 0 Å². The standard InChI is InChI=1S/C17H26ClN/c1-4-17(2,3)13-8-10-15(11-9-13)19-16-7-5-6-14(18)12-16/h5-7,12-13,15,19H,4,8-11H2,1-3H3. The summed E-state index contributed by atoms with van der Waals surface area (Å²) < 4.78 is 0. The number of halogens is 1. The lowest BCUT2D eigenvalue weighted by atomic mass is 9.69. The van der Waals surface area contributed by atoms with Crippen LogP contribution in [0, 0.1) is 11.3 Å². The van der Waals surface area contributed by atoms with Crippen molar-refractivity contribution < 1.29 is 0 Å². The summed E-state index contributed by atoms with van der Waals surface area (Å²) in [6.07, 6.45) is 6.53. The van der Waals surface area contributed by atoms with Crippen LogP contribution < -0.4 is 5.32 Å². The van der Waals surface area contributed by atoms with Crippen LogP contribution in [-0.4, -0.2) is 6.04 Å². The lowest BCUT2D eigenvalue weighted by Crippen LogP contribution is -2.32. The van der Waals surface area contributed by atoms with Crippen LogP contribution >= 0.6 is 11.6 Å². The number of hydrogen-bond acceptors (Lipinski definition) is 1. The Morgan fingerprint density at radius 2 is 1.89 bits per heavy atom. The highest BCUT2D eigenvalue weighted by molar-refractivity contribution is 6.30. The molecule has 0 atom stereocenters. The maximum absolute atomic E-state index is 6.02. The van der Waals surface area contributed by atoms with E-state index in [9.17, 15) is 0 Å². The Morgan fingerprint density at radius 3 is 2.47 bits per heavy atom. The van der Waals surface area contributed by atoms with E-state index in [-0.39, 0.29) is 0 Å². The molecule has 1 nitrogen and oxygen atoms in total. The third-order valence-electron chi connectivity index (χ3n) is 4.94. The van der Waals surface area contributed by atoms with E-state index in [1.54, 1.807) is 0 Å². The summed E-state index contributed by atoms with van der Waals surface area (Å²) in [5.41, 5.74) is 1.66. The van der Waals surface area contributed by atoms with Crippen LogP contribution in [0.3, 0.4) is 0 Å². The van der Waals surface area contributed by atoms with Crippen molar-refractivity contribution in [3.63, 3.8) is 0 Å². The Hall–Kier alpha value is -0.690. The van der Waals surface area contributed by atoms with Crippen molar-refractivity contribution in [1.82, 2.24) is 0 Å². The molecule has 0 aliphatic heterocycles. The van der Waals surface area contributed by atoms with Gasteiger partial charge in [-0.25, -0.2) is 0 Å². The van der Waals surface area contributed by atoms with Gasteiger partial charge in [0.15, 0.2) is 0 Å². The summed E-state index contributed by atoms with van der Waals surface area (Å²) in [5.74, 6) is 0.884. The molecule has 0 aromatic heterocycles. The second-order valence-electron chi connectivity index (χ2n) is 6.55. The first kappa shape index (κ1) is 14.7. The molecule has 0 saturated heterocycles. The first-order chi connectivity index (χ1) is 9.01. The van der Waals surface area contributed by atoms with Crippen molar-refractivity contribution in [2.45, 2.75) is 58.9 Å². The Bertz CT molecular complexity index is 405. The van der Waals surface area contributed by atoms with Crippen molar-refractivity contribution in [3.8, 4) is 0 Å². The van der Waals surface area contributed by atoms with Crippen LogP contribution in [0.2, 0.25) is 5.02 Å². The quantitative estimate of drug-likeness (QED) is 0.740. The second-order valence-corrected chi connectivity index (χ2v) is 6.98. The van der Waals surface area contributed by atoms with Gasteiger partial charge < -0.3 is 5.32 Å². The van der Waals surface area contributed by atoms with E-state index >= 15 is 0 Å². The van der Waals surface area contributed by atoms with Crippen molar-refractivity contribution in [2.24, 2.45) is 11.3 Å². The molecule has 1 fully saturated rings. The number of benzene rings is 1.